The summed E-state index contributed by atoms with van der Waals surface area (Å²) in [7, 11) is 1.49. The molecule has 7 nitrogen and oxygen atoms in total. The van der Waals surface area contributed by atoms with Gasteiger partial charge in [0.1, 0.15) is 12.4 Å². The lowest BCUT2D eigenvalue weighted by molar-refractivity contribution is -0.120. The number of carbonyl (C=O) groups is 1. The third-order valence-corrected chi connectivity index (χ3v) is 5.30. The third kappa shape index (κ3) is 5.32. The standard InChI is InChI=1S/C25H27N3O4/c1-15(2)22(20(29)14-32-10-6-9-26)24(23-17(4)16(3)13-28-25(23)30)19-8-7-18(12-27)11-21(19)31-5/h7-8,11,13,24H,6,10,14H2,1-5H3,(H,28,30). The van der Waals surface area contributed by atoms with Crippen LogP contribution in [0.4, 0.5) is 0 Å². The Bertz CT molecular complexity index is 1120. The molecule has 0 saturated heterocycles. The van der Waals surface area contributed by atoms with Gasteiger partial charge in [0.2, 0.25) is 5.88 Å². The maximum atomic E-state index is 13.3. The molecule has 1 unspecified atom stereocenters. The Kier molecular flexibility index (Phi) is 8.52. The number of methoxy groups -OCH3 is 1. The molecule has 0 aliphatic heterocycles. The van der Waals surface area contributed by atoms with Crippen molar-refractivity contribution in [1.82, 2.24) is 4.98 Å². The number of rotatable bonds is 9. The highest BCUT2D eigenvalue weighted by atomic mass is 16.5. The number of ketones is 1. The van der Waals surface area contributed by atoms with Crippen LogP contribution in [-0.4, -0.2) is 36.2 Å². The number of ether oxygens (including phenoxy) is 2. The van der Waals surface area contributed by atoms with Crippen LogP contribution in [-0.2, 0) is 9.53 Å². The zero-order valence-electron chi connectivity index (χ0n) is 19.0. The van der Waals surface area contributed by atoms with E-state index in [0.29, 0.717) is 28.0 Å². The van der Waals surface area contributed by atoms with Gasteiger partial charge in [0.15, 0.2) is 5.78 Å². The van der Waals surface area contributed by atoms with Gasteiger partial charge >= 0.3 is 0 Å². The smallest absolute Gasteiger partial charge is 0.215 e. The van der Waals surface area contributed by atoms with Crippen LogP contribution in [0, 0.1) is 36.5 Å². The average molecular weight is 434 g/mol. The normalized spacial score (nSPS) is 11.2. The second-order valence-corrected chi connectivity index (χ2v) is 7.60. The molecule has 7 heteroatoms. The molecule has 2 aromatic rings. The SMILES string of the molecule is COc1cc(C#N)ccc1C(C(C(=O)COCCC#N)=C(C)C)c1c(O)ncc(C)c1C. The molecule has 0 fully saturated rings. The largest absolute Gasteiger partial charge is 0.496 e. The van der Waals surface area contributed by atoms with E-state index in [4.69, 9.17) is 14.7 Å². The molecule has 32 heavy (non-hydrogen) atoms. The summed E-state index contributed by atoms with van der Waals surface area (Å²) in [6.45, 7) is 7.34. The summed E-state index contributed by atoms with van der Waals surface area (Å²) in [6, 6.07) is 9.06. The van der Waals surface area contributed by atoms with Crippen molar-refractivity contribution in [1.29, 1.82) is 10.5 Å². The number of allylic oxidation sites excluding steroid dienone is 1. The number of nitriles is 2. The number of aromatic nitrogens is 1. The summed E-state index contributed by atoms with van der Waals surface area (Å²) in [5.41, 5.74) is 4.38. The first-order chi connectivity index (χ1) is 15.3. The Morgan fingerprint density at radius 3 is 2.56 bits per heavy atom. The molecular weight excluding hydrogens is 406 g/mol. The van der Waals surface area contributed by atoms with Crippen molar-refractivity contribution >= 4 is 5.78 Å². The first-order valence-corrected chi connectivity index (χ1v) is 10.1. The lowest BCUT2D eigenvalue weighted by Gasteiger charge is -2.26. The minimum absolute atomic E-state index is 0.152. The predicted molar refractivity (Wildman–Crippen MR) is 119 cm³/mol. The van der Waals surface area contributed by atoms with Crippen LogP contribution >= 0.6 is 0 Å². The van der Waals surface area contributed by atoms with Crippen LogP contribution < -0.4 is 4.74 Å². The quantitative estimate of drug-likeness (QED) is 0.464. The predicted octanol–water partition coefficient (Wildman–Crippen LogP) is 4.25. The number of carbonyl (C=O) groups excluding carboxylic acids is 1. The molecule has 2 rings (SSSR count). The fraction of sp³-hybridized carbons (Fsp3) is 0.360. The molecule has 0 radical (unpaired) electrons. The van der Waals surface area contributed by atoms with Crippen molar-refractivity contribution in [3.63, 3.8) is 0 Å². The number of nitrogens with zero attached hydrogens (tertiary/aromatic N) is 3. The molecule has 0 bridgehead atoms. The molecule has 0 aliphatic carbocycles. The van der Waals surface area contributed by atoms with Crippen molar-refractivity contribution < 1.29 is 19.4 Å². The molecule has 0 saturated carbocycles. The second-order valence-electron chi connectivity index (χ2n) is 7.60. The van der Waals surface area contributed by atoms with Gasteiger partial charge in [0.25, 0.3) is 0 Å². The molecule has 1 aromatic carbocycles. The molecule has 1 heterocycles. The maximum absolute atomic E-state index is 13.3. The van der Waals surface area contributed by atoms with E-state index in [0.717, 1.165) is 16.7 Å². The van der Waals surface area contributed by atoms with E-state index in [1.807, 2.05) is 33.8 Å². The maximum Gasteiger partial charge on any atom is 0.215 e. The molecule has 0 spiro atoms. The van der Waals surface area contributed by atoms with Gasteiger partial charge in [-0.2, -0.15) is 10.5 Å². The summed E-state index contributed by atoms with van der Waals surface area (Å²) in [6.07, 6.45) is 1.77. The first-order valence-electron chi connectivity index (χ1n) is 10.1. The van der Waals surface area contributed by atoms with Crippen LogP contribution in [0.2, 0.25) is 0 Å². The number of benzene rings is 1. The summed E-state index contributed by atoms with van der Waals surface area (Å²) < 4.78 is 11.0. The Balaban J connectivity index is 2.77. The van der Waals surface area contributed by atoms with E-state index < -0.39 is 5.92 Å². The van der Waals surface area contributed by atoms with E-state index in [1.165, 1.54) is 7.11 Å². The topological polar surface area (TPSA) is 116 Å². The lowest BCUT2D eigenvalue weighted by atomic mass is 9.78. The van der Waals surface area contributed by atoms with Crippen LogP contribution in [0.15, 0.2) is 35.5 Å². The Morgan fingerprint density at radius 1 is 1.25 bits per heavy atom. The number of aryl methyl sites for hydroxylation is 1. The summed E-state index contributed by atoms with van der Waals surface area (Å²) >= 11 is 0. The van der Waals surface area contributed by atoms with Gasteiger partial charge in [-0.25, -0.2) is 4.98 Å². The van der Waals surface area contributed by atoms with Crippen LogP contribution in [0.3, 0.4) is 0 Å². The van der Waals surface area contributed by atoms with Gasteiger partial charge in [0, 0.05) is 28.8 Å². The van der Waals surface area contributed by atoms with E-state index in [1.54, 1.807) is 24.4 Å². The Hall–Kier alpha value is -3.68. The number of hydrogen-bond donors (Lipinski definition) is 1. The highest BCUT2D eigenvalue weighted by molar-refractivity contribution is 5.99. The van der Waals surface area contributed by atoms with Crippen LogP contribution in [0.1, 0.15) is 54.0 Å². The van der Waals surface area contributed by atoms with E-state index in [9.17, 15) is 15.2 Å². The van der Waals surface area contributed by atoms with Gasteiger partial charge in [-0.3, -0.25) is 4.79 Å². The monoisotopic (exact) mass is 433 g/mol. The molecule has 1 aromatic heterocycles. The average Bonchev–Trinajstić information content (AvgIpc) is 2.78. The Labute approximate surface area is 188 Å². The summed E-state index contributed by atoms with van der Waals surface area (Å²) in [5, 5.41) is 28.8. The Morgan fingerprint density at radius 2 is 1.97 bits per heavy atom. The van der Waals surface area contributed by atoms with Crippen LogP contribution in [0.5, 0.6) is 11.6 Å². The number of Topliss-reactive ketones (excluding diaryl/α,β-unsaturated/α-hetero) is 1. The zero-order valence-corrected chi connectivity index (χ0v) is 19.0. The third-order valence-electron chi connectivity index (χ3n) is 5.30. The van der Waals surface area contributed by atoms with Crippen molar-refractivity contribution in [2.45, 2.75) is 40.0 Å². The number of pyridine rings is 1. The molecule has 0 amide bonds. The lowest BCUT2D eigenvalue weighted by Crippen LogP contribution is -2.21. The summed E-state index contributed by atoms with van der Waals surface area (Å²) in [4.78, 5) is 17.4. The second kappa shape index (κ2) is 11.1. The first kappa shape index (κ1) is 24.6. The van der Waals surface area contributed by atoms with Crippen molar-refractivity contribution in [2.75, 3.05) is 20.3 Å². The van der Waals surface area contributed by atoms with E-state index in [-0.39, 0.29) is 31.3 Å². The van der Waals surface area contributed by atoms with Gasteiger partial charge < -0.3 is 14.6 Å². The van der Waals surface area contributed by atoms with Crippen molar-refractivity contribution in [2.24, 2.45) is 0 Å². The minimum Gasteiger partial charge on any atom is -0.496 e. The number of aromatic hydroxyl groups is 1. The minimum atomic E-state index is -0.692. The molecule has 0 aliphatic rings. The highest BCUT2D eigenvalue weighted by Crippen LogP contribution is 2.43. The zero-order chi connectivity index (χ0) is 23.8. The van der Waals surface area contributed by atoms with Gasteiger partial charge in [-0.05, 0) is 51.0 Å². The fourth-order valence-corrected chi connectivity index (χ4v) is 3.61. The summed E-state index contributed by atoms with van der Waals surface area (Å²) in [5.74, 6) is -0.713. The fourth-order valence-electron chi connectivity index (χ4n) is 3.61. The number of hydrogen-bond acceptors (Lipinski definition) is 7. The molecule has 1 atom stereocenters. The van der Waals surface area contributed by atoms with Crippen molar-refractivity contribution in [3.8, 4) is 23.8 Å². The van der Waals surface area contributed by atoms with Crippen molar-refractivity contribution in [3.05, 3.63) is 63.4 Å². The van der Waals surface area contributed by atoms with Gasteiger partial charge in [-0.1, -0.05) is 11.6 Å². The molecule has 166 valence electrons. The van der Waals surface area contributed by atoms with E-state index in [2.05, 4.69) is 11.1 Å². The molecular formula is C25H27N3O4. The molecule has 1 N–H and O–H groups in total. The van der Waals surface area contributed by atoms with Crippen LogP contribution in [0.25, 0.3) is 0 Å². The highest BCUT2D eigenvalue weighted by Gasteiger charge is 2.32. The van der Waals surface area contributed by atoms with Gasteiger partial charge in [0.05, 0.1) is 37.8 Å². The van der Waals surface area contributed by atoms with E-state index >= 15 is 0 Å². The van der Waals surface area contributed by atoms with Gasteiger partial charge in [-0.15, -0.1) is 0 Å².